The second-order valence-corrected chi connectivity index (χ2v) is 19.7. The molecule has 0 spiro atoms. The summed E-state index contributed by atoms with van der Waals surface area (Å²) < 4.78 is 30.6. The fourth-order valence-corrected chi connectivity index (χ4v) is 9.14. The van der Waals surface area contributed by atoms with Gasteiger partial charge in [-0.3, -0.25) is 4.79 Å². The monoisotopic (exact) mass is 1010 g/mol. The van der Waals surface area contributed by atoms with Crippen molar-refractivity contribution in [1.82, 2.24) is 5.32 Å². The van der Waals surface area contributed by atoms with Crippen molar-refractivity contribution in [3.8, 4) is 0 Å². The summed E-state index contributed by atoms with van der Waals surface area (Å²) in [6, 6.07) is 24.0. The zero-order valence-electron chi connectivity index (χ0n) is 44.2. The van der Waals surface area contributed by atoms with Crippen LogP contribution < -0.4 is 5.32 Å². The minimum Gasteiger partial charge on any atom is -0.452 e. The van der Waals surface area contributed by atoms with Crippen LogP contribution >= 0.6 is 0 Å². The molecule has 1 heterocycles. The summed E-state index contributed by atoms with van der Waals surface area (Å²) >= 11 is 0. The van der Waals surface area contributed by atoms with E-state index in [0.717, 1.165) is 44.9 Å². The number of hydrogen-bond donors (Lipinski definition) is 3. The number of aliphatic hydroxyl groups is 2. The van der Waals surface area contributed by atoms with Crippen LogP contribution in [-0.4, -0.2) is 90.1 Å². The second kappa shape index (κ2) is 37.8. The number of hydrogen-bond acceptors (Lipinski definition) is 11. The molecule has 3 aromatic carbocycles. The van der Waals surface area contributed by atoms with Crippen molar-refractivity contribution in [3.63, 3.8) is 0 Å². The SMILES string of the molecule is CCCCCCCCCCCCCC=C[C@@H](OC(=O)c1ccccc1)[C@H](CO[C@@H]1O[C@H](CO)[C@@H](O)[C@H](OC(=O)c2ccccc2)[C@H]1OC(=O)c1ccccc1)NC(=O)CCCCCCCCCCCCCCC. The first kappa shape index (κ1) is 60.7. The molecule has 1 saturated heterocycles. The Hall–Kier alpha value is -4.88. The summed E-state index contributed by atoms with van der Waals surface area (Å²) in [6.07, 6.45) is 24.7. The topological polar surface area (TPSA) is 167 Å². The summed E-state index contributed by atoms with van der Waals surface area (Å²) in [5.41, 5.74) is 0.694. The molecule has 3 aromatic rings. The maximum Gasteiger partial charge on any atom is 0.338 e. The number of carbonyl (C=O) groups is 4. The van der Waals surface area contributed by atoms with Gasteiger partial charge in [0.2, 0.25) is 5.91 Å². The van der Waals surface area contributed by atoms with Crippen LogP contribution in [0.15, 0.2) is 103 Å². The number of allylic oxidation sites excluding steroid dienone is 1. The molecule has 12 heteroatoms. The number of aliphatic hydroxyl groups excluding tert-OH is 2. The van der Waals surface area contributed by atoms with Crippen molar-refractivity contribution >= 4 is 23.8 Å². The van der Waals surface area contributed by atoms with Crippen LogP contribution in [0.5, 0.6) is 0 Å². The van der Waals surface area contributed by atoms with Crippen molar-refractivity contribution in [3.05, 3.63) is 120 Å². The maximum atomic E-state index is 13.9. The summed E-state index contributed by atoms with van der Waals surface area (Å²) in [4.78, 5) is 54.9. The van der Waals surface area contributed by atoms with Crippen LogP contribution in [0.3, 0.4) is 0 Å². The predicted octanol–water partition coefficient (Wildman–Crippen LogP) is 13.0. The molecule has 4 rings (SSSR count). The first-order chi connectivity index (χ1) is 35.7. The van der Waals surface area contributed by atoms with Crippen LogP contribution in [-0.2, 0) is 28.5 Å². The first-order valence-electron chi connectivity index (χ1n) is 28.1. The van der Waals surface area contributed by atoms with Crippen molar-refractivity contribution in [2.24, 2.45) is 0 Å². The lowest BCUT2D eigenvalue weighted by molar-refractivity contribution is -0.300. The van der Waals surface area contributed by atoms with E-state index >= 15 is 0 Å². The molecule has 0 unspecified atom stereocenters. The zero-order chi connectivity index (χ0) is 52.1. The van der Waals surface area contributed by atoms with Crippen molar-refractivity contribution < 1.29 is 53.1 Å². The second-order valence-electron chi connectivity index (χ2n) is 19.7. The molecule has 1 amide bonds. The van der Waals surface area contributed by atoms with Gasteiger partial charge in [-0.1, -0.05) is 216 Å². The van der Waals surface area contributed by atoms with E-state index in [-0.39, 0.29) is 30.1 Å². The van der Waals surface area contributed by atoms with Crippen LogP contribution in [0, 0.1) is 0 Å². The van der Waals surface area contributed by atoms with Gasteiger partial charge in [0.1, 0.15) is 18.3 Å². The van der Waals surface area contributed by atoms with E-state index < -0.39 is 67.4 Å². The third kappa shape index (κ3) is 24.3. The molecule has 7 atom stereocenters. The summed E-state index contributed by atoms with van der Waals surface area (Å²) in [5, 5.41) is 25.1. The lowest BCUT2D eigenvalue weighted by Crippen LogP contribution is -2.62. The van der Waals surface area contributed by atoms with Gasteiger partial charge in [-0.25, -0.2) is 14.4 Å². The van der Waals surface area contributed by atoms with Gasteiger partial charge < -0.3 is 39.2 Å². The van der Waals surface area contributed by atoms with Crippen molar-refractivity contribution in [2.45, 2.75) is 224 Å². The van der Waals surface area contributed by atoms with E-state index in [1.807, 2.05) is 6.08 Å². The molecule has 404 valence electrons. The van der Waals surface area contributed by atoms with Gasteiger partial charge in [0.05, 0.1) is 35.9 Å². The highest BCUT2D eigenvalue weighted by molar-refractivity contribution is 5.91. The molecule has 1 aliphatic rings. The molecule has 1 aliphatic heterocycles. The third-order valence-electron chi connectivity index (χ3n) is 13.5. The Morgan fingerprint density at radius 3 is 1.42 bits per heavy atom. The number of nitrogens with one attached hydrogen (secondary N) is 1. The van der Waals surface area contributed by atoms with Crippen LogP contribution in [0.4, 0.5) is 0 Å². The Morgan fingerprint density at radius 1 is 0.562 bits per heavy atom. The predicted molar refractivity (Wildman–Crippen MR) is 287 cm³/mol. The zero-order valence-corrected chi connectivity index (χ0v) is 44.2. The lowest BCUT2D eigenvalue weighted by atomic mass is 9.98. The largest absolute Gasteiger partial charge is 0.452 e. The standard InChI is InChI=1S/C61H89NO11/c1-3-5-7-9-11-13-15-17-19-21-23-25-36-44-52(70-58(66)48-38-30-27-31-39-48)51(62-54(64)45-37-26-24-22-20-18-16-14-12-10-8-6-4-2)47-69-61-57(73-60(68)50-42-34-29-35-43-50)56(55(65)53(46-63)71-61)72-59(67)49-40-32-28-33-41-49/h27-36,38-44,51-53,55-57,61,63,65H,3-26,37,45-47H2,1-2H3,(H,62,64)/t51-,52+,53+,55+,56-,57+,61+/m0/s1. The average Bonchev–Trinajstić information content (AvgIpc) is 3.41. The molecule has 0 radical (unpaired) electrons. The Bertz CT molecular complexity index is 1950. The van der Waals surface area contributed by atoms with E-state index in [2.05, 4.69) is 19.2 Å². The molecule has 0 saturated carbocycles. The summed E-state index contributed by atoms with van der Waals surface area (Å²) in [5.74, 6) is -2.47. The van der Waals surface area contributed by atoms with E-state index in [0.29, 0.717) is 12.0 Å². The minimum absolute atomic E-state index is 0.182. The molecule has 1 fully saturated rings. The quantitative estimate of drug-likeness (QED) is 0.0215. The molecule has 0 bridgehead atoms. The van der Waals surface area contributed by atoms with E-state index in [9.17, 15) is 29.4 Å². The Morgan fingerprint density at radius 2 is 0.973 bits per heavy atom. The number of esters is 3. The van der Waals surface area contributed by atoms with E-state index in [4.69, 9.17) is 23.7 Å². The molecular formula is C61H89NO11. The van der Waals surface area contributed by atoms with Gasteiger partial charge in [-0.15, -0.1) is 0 Å². The van der Waals surface area contributed by atoms with Gasteiger partial charge in [-0.2, -0.15) is 0 Å². The summed E-state index contributed by atoms with van der Waals surface area (Å²) in [6.45, 7) is 3.45. The van der Waals surface area contributed by atoms with Crippen molar-refractivity contribution in [2.75, 3.05) is 13.2 Å². The Labute approximate surface area is 437 Å². The van der Waals surface area contributed by atoms with Gasteiger partial charge >= 0.3 is 17.9 Å². The van der Waals surface area contributed by atoms with Crippen LogP contribution in [0.25, 0.3) is 0 Å². The van der Waals surface area contributed by atoms with E-state index in [1.165, 1.54) is 109 Å². The Balaban J connectivity index is 1.52. The number of benzene rings is 3. The van der Waals surface area contributed by atoms with Crippen LogP contribution in [0.1, 0.15) is 212 Å². The van der Waals surface area contributed by atoms with Gasteiger partial charge in [0.25, 0.3) is 0 Å². The van der Waals surface area contributed by atoms with Crippen LogP contribution in [0.2, 0.25) is 0 Å². The lowest BCUT2D eigenvalue weighted by Gasteiger charge is -2.43. The fourth-order valence-electron chi connectivity index (χ4n) is 9.14. The molecule has 73 heavy (non-hydrogen) atoms. The Kier molecular flexibility index (Phi) is 31.4. The molecule has 0 aromatic heterocycles. The van der Waals surface area contributed by atoms with Gasteiger partial charge in [0.15, 0.2) is 18.5 Å². The average molecular weight is 1010 g/mol. The molecule has 12 nitrogen and oxygen atoms in total. The number of carbonyl (C=O) groups excluding carboxylic acids is 4. The fraction of sp³-hybridized carbons (Fsp3) is 0.607. The maximum absolute atomic E-state index is 13.9. The highest BCUT2D eigenvalue weighted by atomic mass is 16.7. The number of rotatable bonds is 39. The van der Waals surface area contributed by atoms with Crippen molar-refractivity contribution in [1.29, 1.82) is 0 Å². The number of ether oxygens (including phenoxy) is 5. The third-order valence-corrected chi connectivity index (χ3v) is 13.5. The normalized spacial score (nSPS) is 18.5. The highest BCUT2D eigenvalue weighted by Crippen LogP contribution is 2.29. The minimum atomic E-state index is -1.64. The molecule has 0 aliphatic carbocycles. The number of unbranched alkanes of at least 4 members (excludes halogenated alkanes) is 23. The highest BCUT2D eigenvalue weighted by Gasteiger charge is 2.51. The van der Waals surface area contributed by atoms with Gasteiger partial charge in [-0.05, 0) is 61.7 Å². The van der Waals surface area contributed by atoms with E-state index in [1.54, 1.807) is 97.1 Å². The number of amides is 1. The van der Waals surface area contributed by atoms with Gasteiger partial charge in [0, 0.05) is 6.42 Å². The summed E-state index contributed by atoms with van der Waals surface area (Å²) in [7, 11) is 0. The smallest absolute Gasteiger partial charge is 0.338 e. The molecular weight excluding hydrogens is 923 g/mol. The first-order valence-corrected chi connectivity index (χ1v) is 28.1. The molecule has 3 N–H and O–H groups in total.